The van der Waals surface area contributed by atoms with Crippen molar-refractivity contribution in [2.24, 2.45) is 0 Å². The zero-order chi connectivity index (χ0) is 37.8. The molecule has 0 aliphatic heterocycles. The van der Waals surface area contributed by atoms with Gasteiger partial charge in [0.15, 0.2) is 0 Å². The van der Waals surface area contributed by atoms with Crippen LogP contribution in [0.3, 0.4) is 0 Å². The Morgan fingerprint density at radius 3 is 1.30 bits per heavy atom. The highest BCUT2D eigenvalue weighted by molar-refractivity contribution is 7.26. The predicted octanol–water partition coefficient (Wildman–Crippen LogP) is 15.2. The molecule has 1 aliphatic rings. The molecule has 0 unspecified atom stereocenters. The second-order valence-corrected chi connectivity index (χ2v) is 15.9. The summed E-state index contributed by atoms with van der Waals surface area (Å²) < 4.78 is 2.66. The lowest BCUT2D eigenvalue weighted by Gasteiger charge is -2.35. The number of rotatable bonds is 7. The lowest BCUT2D eigenvalue weighted by atomic mass is 9.67. The maximum Gasteiger partial charge on any atom is 0.0727 e. The monoisotopic (exact) mass is 743 g/mol. The van der Waals surface area contributed by atoms with Crippen molar-refractivity contribution >= 4 is 48.6 Å². The summed E-state index contributed by atoms with van der Waals surface area (Å²) in [6.07, 6.45) is 0. The van der Waals surface area contributed by atoms with Gasteiger partial charge in [-0.1, -0.05) is 182 Å². The van der Waals surface area contributed by atoms with Crippen molar-refractivity contribution in [1.29, 1.82) is 0 Å². The third-order valence-electron chi connectivity index (χ3n) is 11.8. The number of benzene rings is 9. The topological polar surface area (TPSA) is 3.24 Å². The summed E-state index contributed by atoms with van der Waals surface area (Å²) in [5, 5.41) is 2.63. The summed E-state index contributed by atoms with van der Waals surface area (Å²) in [6.45, 7) is 0. The highest BCUT2D eigenvalue weighted by atomic mass is 32.1. The molecular formula is C55H37NS. The minimum absolute atomic E-state index is 0.508. The van der Waals surface area contributed by atoms with Crippen LogP contribution in [0.25, 0.3) is 53.6 Å². The Morgan fingerprint density at radius 1 is 0.316 bits per heavy atom. The van der Waals surface area contributed by atoms with Crippen LogP contribution < -0.4 is 4.90 Å². The van der Waals surface area contributed by atoms with Gasteiger partial charge in [0.1, 0.15) is 0 Å². The molecule has 0 radical (unpaired) electrons. The minimum Gasteiger partial charge on any atom is -0.311 e. The number of hydrogen-bond acceptors (Lipinski definition) is 2. The van der Waals surface area contributed by atoms with Gasteiger partial charge in [-0.05, 0) is 98.1 Å². The Balaban J connectivity index is 1.10. The molecule has 11 rings (SSSR count). The van der Waals surface area contributed by atoms with Crippen LogP contribution in [-0.2, 0) is 5.41 Å². The van der Waals surface area contributed by atoms with Crippen LogP contribution in [-0.4, -0.2) is 0 Å². The van der Waals surface area contributed by atoms with E-state index in [1.165, 1.54) is 75.8 Å². The summed E-state index contributed by atoms with van der Waals surface area (Å²) in [5.74, 6) is 0. The van der Waals surface area contributed by atoms with E-state index in [0.29, 0.717) is 0 Å². The van der Waals surface area contributed by atoms with Gasteiger partial charge in [-0.15, -0.1) is 11.3 Å². The van der Waals surface area contributed by atoms with Gasteiger partial charge in [0.25, 0.3) is 0 Å². The molecule has 0 N–H and O–H groups in total. The van der Waals surface area contributed by atoms with Gasteiger partial charge < -0.3 is 4.90 Å². The lowest BCUT2D eigenvalue weighted by molar-refractivity contribution is 0.778. The first-order chi connectivity index (χ1) is 28.3. The van der Waals surface area contributed by atoms with Gasteiger partial charge in [0.2, 0.25) is 0 Å². The molecule has 1 aromatic heterocycles. The molecule has 10 aromatic rings. The van der Waals surface area contributed by atoms with Crippen molar-refractivity contribution in [2.45, 2.75) is 5.41 Å². The first-order valence-corrected chi connectivity index (χ1v) is 20.4. The second kappa shape index (κ2) is 13.6. The van der Waals surface area contributed by atoms with E-state index in [1.54, 1.807) is 0 Å². The zero-order valence-corrected chi connectivity index (χ0v) is 32.0. The summed E-state index contributed by atoms with van der Waals surface area (Å²) in [4.78, 5) is 2.38. The van der Waals surface area contributed by atoms with Gasteiger partial charge in [-0.25, -0.2) is 0 Å². The maximum atomic E-state index is 2.38. The lowest BCUT2D eigenvalue weighted by Crippen LogP contribution is -2.28. The highest BCUT2D eigenvalue weighted by Crippen LogP contribution is 2.58. The molecule has 1 nitrogen and oxygen atoms in total. The zero-order valence-electron chi connectivity index (χ0n) is 31.2. The molecule has 9 aromatic carbocycles. The molecule has 0 saturated heterocycles. The van der Waals surface area contributed by atoms with Crippen LogP contribution in [0.1, 0.15) is 22.3 Å². The van der Waals surface area contributed by atoms with Gasteiger partial charge >= 0.3 is 0 Å². The van der Waals surface area contributed by atoms with E-state index in [4.69, 9.17) is 0 Å². The molecule has 0 fully saturated rings. The smallest absolute Gasteiger partial charge is 0.0727 e. The fourth-order valence-electron chi connectivity index (χ4n) is 9.21. The van der Waals surface area contributed by atoms with Gasteiger partial charge in [0.05, 0.1) is 5.41 Å². The van der Waals surface area contributed by atoms with Crippen LogP contribution in [0.5, 0.6) is 0 Å². The first kappa shape index (κ1) is 33.3. The highest BCUT2D eigenvalue weighted by Gasteiger charge is 2.47. The third kappa shape index (κ3) is 5.37. The quantitative estimate of drug-likeness (QED) is 0.157. The molecule has 1 heterocycles. The van der Waals surface area contributed by atoms with Crippen molar-refractivity contribution < 1.29 is 0 Å². The molecule has 1 aliphatic carbocycles. The van der Waals surface area contributed by atoms with Crippen LogP contribution in [0.15, 0.2) is 224 Å². The maximum absolute atomic E-state index is 2.38. The van der Waals surface area contributed by atoms with Crippen LogP contribution in [0.4, 0.5) is 17.1 Å². The first-order valence-electron chi connectivity index (χ1n) is 19.6. The Morgan fingerprint density at radius 2 is 0.737 bits per heavy atom. The molecule has 0 atom stereocenters. The Bertz CT molecular complexity index is 2910. The van der Waals surface area contributed by atoms with E-state index in [2.05, 4.69) is 229 Å². The summed E-state index contributed by atoms with van der Waals surface area (Å²) in [5.41, 5.74) is 15.5. The van der Waals surface area contributed by atoms with E-state index in [1.807, 2.05) is 11.3 Å². The second-order valence-electron chi connectivity index (χ2n) is 14.8. The average molecular weight is 744 g/mol. The van der Waals surface area contributed by atoms with Crippen molar-refractivity contribution in [3.63, 3.8) is 0 Å². The summed E-state index contributed by atoms with van der Waals surface area (Å²) in [7, 11) is 0. The fraction of sp³-hybridized carbons (Fsp3) is 0.0182. The van der Waals surface area contributed by atoms with E-state index in [9.17, 15) is 0 Å². The van der Waals surface area contributed by atoms with Gasteiger partial charge in [0, 0.05) is 37.2 Å². The normalized spacial score (nSPS) is 12.7. The number of hydrogen-bond donors (Lipinski definition) is 0. The SMILES string of the molecule is c1ccc(-c2ccc(N(c3ccc(-c4ccccc4)cc3)c3ccc(C4(c5cccc6c5sc5ccccc56)c5ccccc5-c5ccccc54)cc3)cc2)cc1. The molecule has 0 bridgehead atoms. The average Bonchev–Trinajstić information content (AvgIpc) is 3.82. The third-order valence-corrected chi connectivity index (χ3v) is 13.0. The number of anilines is 3. The Labute approximate surface area is 337 Å². The van der Waals surface area contributed by atoms with Crippen molar-refractivity contribution in [3.05, 3.63) is 247 Å². The summed E-state index contributed by atoms with van der Waals surface area (Å²) >= 11 is 1.91. The molecule has 0 spiro atoms. The van der Waals surface area contributed by atoms with E-state index >= 15 is 0 Å². The van der Waals surface area contributed by atoms with Crippen LogP contribution in [0, 0.1) is 0 Å². The van der Waals surface area contributed by atoms with Crippen molar-refractivity contribution in [2.75, 3.05) is 4.90 Å². The largest absolute Gasteiger partial charge is 0.311 e. The molecule has 57 heavy (non-hydrogen) atoms. The number of thiophene rings is 1. The van der Waals surface area contributed by atoms with E-state index < -0.39 is 5.41 Å². The number of nitrogens with zero attached hydrogens (tertiary/aromatic N) is 1. The standard InChI is InChI=1S/C55H37NS/c1-3-14-38(15-4-1)40-26-32-43(33-27-40)56(44-34-28-41(29-35-44)39-16-5-2-6-17-39)45-36-30-42(31-37-45)55(50-22-10-7-18-46(50)47-19-8-11-23-51(47)55)52-24-13-21-49-48-20-9-12-25-53(48)57-54(49)52/h1-37H. The van der Waals surface area contributed by atoms with Crippen LogP contribution >= 0.6 is 11.3 Å². The summed E-state index contributed by atoms with van der Waals surface area (Å²) in [6, 6.07) is 82.4. The predicted molar refractivity (Wildman–Crippen MR) is 242 cm³/mol. The van der Waals surface area contributed by atoms with E-state index in [-0.39, 0.29) is 0 Å². The van der Waals surface area contributed by atoms with E-state index in [0.717, 1.165) is 17.1 Å². The molecule has 268 valence electrons. The minimum atomic E-state index is -0.508. The Kier molecular flexibility index (Phi) is 7.98. The van der Waals surface area contributed by atoms with Crippen molar-refractivity contribution in [3.8, 4) is 33.4 Å². The fourth-order valence-corrected chi connectivity index (χ4v) is 10.5. The molecule has 0 amide bonds. The Hall–Kier alpha value is -7.00. The van der Waals surface area contributed by atoms with Gasteiger partial charge in [-0.3, -0.25) is 0 Å². The molecule has 2 heteroatoms. The van der Waals surface area contributed by atoms with Crippen LogP contribution in [0.2, 0.25) is 0 Å². The molecular weight excluding hydrogens is 707 g/mol. The van der Waals surface area contributed by atoms with Crippen molar-refractivity contribution in [1.82, 2.24) is 0 Å². The number of fused-ring (bicyclic) bond motifs is 6. The van der Waals surface area contributed by atoms with Gasteiger partial charge in [-0.2, -0.15) is 0 Å². The molecule has 0 saturated carbocycles.